The van der Waals surface area contributed by atoms with Gasteiger partial charge in [-0.3, -0.25) is 9.30 Å². The second-order valence-corrected chi connectivity index (χ2v) is 5.72. The fraction of sp³-hybridized carbons (Fsp3) is 0.429. The molecule has 0 aromatic carbocycles. The van der Waals surface area contributed by atoms with Crippen LogP contribution in [0.25, 0.3) is 5.52 Å². The molecule has 7 heteroatoms. The fourth-order valence-corrected chi connectivity index (χ4v) is 2.90. The monoisotopic (exact) mass is 308 g/mol. The fourth-order valence-electron chi connectivity index (χ4n) is 2.64. The third-order valence-corrected chi connectivity index (χ3v) is 4.14. The third kappa shape index (κ3) is 2.74. The molecule has 0 bridgehead atoms. The molecule has 6 nitrogen and oxygen atoms in total. The van der Waals surface area contributed by atoms with Crippen LogP contribution in [0.3, 0.4) is 0 Å². The van der Waals surface area contributed by atoms with E-state index in [4.69, 9.17) is 11.6 Å². The minimum absolute atomic E-state index is 0.0571. The Labute approximate surface area is 127 Å². The maximum atomic E-state index is 11.3. The smallest absolute Gasteiger partial charge is 0.356 e. The largest absolute Gasteiger partial charge is 0.476 e. The Balaban J connectivity index is 1.96. The SMILES string of the molecule is CN1CCN(Cc2nc(C(=O)O)c3cccc(Cl)n23)CC1. The van der Waals surface area contributed by atoms with Crippen LogP contribution in [-0.2, 0) is 6.54 Å². The zero-order valence-electron chi connectivity index (χ0n) is 11.8. The van der Waals surface area contributed by atoms with Crippen molar-refractivity contribution in [2.45, 2.75) is 6.54 Å². The number of carboxylic acid groups (broad SMARTS) is 1. The molecule has 0 atom stereocenters. The van der Waals surface area contributed by atoms with Crippen molar-refractivity contribution >= 4 is 23.1 Å². The van der Waals surface area contributed by atoms with Gasteiger partial charge in [0, 0.05) is 26.2 Å². The Morgan fingerprint density at radius 3 is 2.71 bits per heavy atom. The van der Waals surface area contributed by atoms with Crippen LogP contribution < -0.4 is 0 Å². The molecule has 3 heterocycles. The maximum absolute atomic E-state index is 11.3. The summed E-state index contributed by atoms with van der Waals surface area (Å²) in [5, 5.41) is 9.77. The van der Waals surface area contributed by atoms with Gasteiger partial charge in [0.05, 0.1) is 12.1 Å². The van der Waals surface area contributed by atoms with Crippen LogP contribution in [0.5, 0.6) is 0 Å². The average molecular weight is 309 g/mol. The number of carboxylic acids is 1. The lowest BCUT2D eigenvalue weighted by Gasteiger charge is -2.31. The van der Waals surface area contributed by atoms with Crippen LogP contribution in [0.15, 0.2) is 18.2 Å². The normalized spacial score (nSPS) is 17.4. The first-order valence-electron chi connectivity index (χ1n) is 6.86. The van der Waals surface area contributed by atoms with E-state index in [9.17, 15) is 9.90 Å². The molecule has 0 amide bonds. The molecule has 1 fully saturated rings. The van der Waals surface area contributed by atoms with Crippen molar-refractivity contribution in [1.82, 2.24) is 19.2 Å². The van der Waals surface area contributed by atoms with Crippen LogP contribution in [0.1, 0.15) is 16.3 Å². The van der Waals surface area contributed by atoms with E-state index in [-0.39, 0.29) is 5.69 Å². The molecule has 0 unspecified atom stereocenters. The van der Waals surface area contributed by atoms with E-state index in [1.54, 1.807) is 22.6 Å². The lowest BCUT2D eigenvalue weighted by molar-refractivity contribution is 0.0693. The van der Waals surface area contributed by atoms with Crippen LogP contribution in [0.2, 0.25) is 5.15 Å². The number of carbonyl (C=O) groups is 1. The number of fused-ring (bicyclic) bond motifs is 1. The lowest BCUT2D eigenvalue weighted by Crippen LogP contribution is -2.44. The van der Waals surface area contributed by atoms with Crippen molar-refractivity contribution in [3.63, 3.8) is 0 Å². The summed E-state index contributed by atoms with van der Waals surface area (Å²) in [5.74, 6) is -0.350. The van der Waals surface area contributed by atoms with Gasteiger partial charge >= 0.3 is 5.97 Å². The molecule has 1 saturated heterocycles. The van der Waals surface area contributed by atoms with Gasteiger partial charge in [0.25, 0.3) is 0 Å². The molecule has 112 valence electrons. The molecule has 0 spiro atoms. The van der Waals surface area contributed by atoms with Crippen molar-refractivity contribution in [1.29, 1.82) is 0 Å². The molecule has 21 heavy (non-hydrogen) atoms. The van der Waals surface area contributed by atoms with Gasteiger partial charge in [-0.25, -0.2) is 9.78 Å². The Hall–Kier alpha value is -1.63. The van der Waals surface area contributed by atoms with E-state index in [1.165, 1.54) is 0 Å². The summed E-state index contributed by atoms with van der Waals surface area (Å²) in [6.45, 7) is 4.49. The number of likely N-dealkylation sites (N-methyl/N-ethyl adjacent to an activating group) is 1. The number of hydrogen-bond acceptors (Lipinski definition) is 4. The van der Waals surface area contributed by atoms with Gasteiger partial charge < -0.3 is 10.0 Å². The number of piperazine rings is 1. The molecule has 2 aromatic heterocycles. The predicted molar refractivity (Wildman–Crippen MR) is 79.9 cm³/mol. The van der Waals surface area contributed by atoms with Crippen molar-refractivity contribution in [2.75, 3.05) is 33.2 Å². The Bertz CT molecular complexity index is 677. The molecular weight excluding hydrogens is 292 g/mol. The van der Waals surface area contributed by atoms with Gasteiger partial charge in [-0.05, 0) is 19.2 Å². The van der Waals surface area contributed by atoms with Gasteiger partial charge in [-0.2, -0.15) is 0 Å². The summed E-state index contributed by atoms with van der Waals surface area (Å²) in [6, 6.07) is 5.22. The predicted octanol–water partition coefficient (Wildman–Crippen LogP) is 1.43. The summed E-state index contributed by atoms with van der Waals surface area (Å²) >= 11 is 6.22. The zero-order chi connectivity index (χ0) is 15.0. The number of pyridine rings is 1. The number of imidazole rings is 1. The molecule has 1 N–H and O–H groups in total. The number of halogens is 1. The Kier molecular flexibility index (Phi) is 3.84. The standard InChI is InChI=1S/C14H17ClN4O2/c1-17-5-7-18(8-6-17)9-12-16-13(14(20)21)10-3-2-4-11(15)19(10)12/h2-4H,5-9H2,1H3,(H,20,21). The molecule has 0 radical (unpaired) electrons. The molecule has 3 rings (SSSR count). The summed E-state index contributed by atoms with van der Waals surface area (Å²) in [7, 11) is 2.10. The zero-order valence-corrected chi connectivity index (χ0v) is 12.5. The van der Waals surface area contributed by atoms with Crippen molar-refractivity contribution < 1.29 is 9.90 Å². The van der Waals surface area contributed by atoms with Crippen molar-refractivity contribution in [2.24, 2.45) is 0 Å². The van der Waals surface area contributed by atoms with E-state index in [2.05, 4.69) is 21.8 Å². The van der Waals surface area contributed by atoms with Crippen LogP contribution in [-0.4, -0.2) is 63.5 Å². The number of hydrogen-bond donors (Lipinski definition) is 1. The number of nitrogens with zero attached hydrogens (tertiary/aromatic N) is 4. The number of aromatic nitrogens is 2. The average Bonchev–Trinajstić information content (AvgIpc) is 2.82. The summed E-state index contributed by atoms with van der Waals surface area (Å²) in [4.78, 5) is 20.2. The first kappa shape index (κ1) is 14.3. The van der Waals surface area contributed by atoms with Gasteiger partial charge in [-0.1, -0.05) is 17.7 Å². The van der Waals surface area contributed by atoms with E-state index in [0.29, 0.717) is 23.0 Å². The molecule has 0 saturated carbocycles. The number of rotatable bonds is 3. The van der Waals surface area contributed by atoms with Crippen LogP contribution >= 0.6 is 11.6 Å². The summed E-state index contributed by atoms with van der Waals surface area (Å²) < 4.78 is 1.73. The summed E-state index contributed by atoms with van der Waals surface area (Å²) in [5.41, 5.74) is 0.598. The second-order valence-electron chi connectivity index (χ2n) is 5.33. The van der Waals surface area contributed by atoms with Crippen LogP contribution in [0, 0.1) is 0 Å². The highest BCUT2D eigenvalue weighted by molar-refractivity contribution is 6.29. The van der Waals surface area contributed by atoms with Crippen molar-refractivity contribution in [3.05, 3.63) is 34.9 Å². The quantitative estimate of drug-likeness (QED) is 0.869. The molecule has 1 aliphatic heterocycles. The van der Waals surface area contributed by atoms with Gasteiger partial charge in [-0.15, -0.1) is 0 Å². The lowest BCUT2D eigenvalue weighted by atomic mass is 10.3. The van der Waals surface area contributed by atoms with Gasteiger partial charge in [0.15, 0.2) is 5.69 Å². The Morgan fingerprint density at radius 2 is 2.05 bits per heavy atom. The van der Waals surface area contributed by atoms with E-state index in [1.807, 2.05) is 0 Å². The summed E-state index contributed by atoms with van der Waals surface area (Å²) in [6.07, 6.45) is 0. The van der Waals surface area contributed by atoms with E-state index < -0.39 is 5.97 Å². The second kappa shape index (κ2) is 5.63. The Morgan fingerprint density at radius 1 is 1.33 bits per heavy atom. The first-order chi connectivity index (χ1) is 10.1. The molecule has 2 aromatic rings. The minimum Gasteiger partial charge on any atom is -0.476 e. The maximum Gasteiger partial charge on any atom is 0.356 e. The van der Waals surface area contributed by atoms with Crippen LogP contribution in [0.4, 0.5) is 0 Å². The van der Waals surface area contributed by atoms with E-state index in [0.717, 1.165) is 26.2 Å². The molecule has 0 aliphatic carbocycles. The first-order valence-corrected chi connectivity index (χ1v) is 7.24. The van der Waals surface area contributed by atoms with Gasteiger partial charge in [0.1, 0.15) is 11.0 Å². The van der Waals surface area contributed by atoms with Gasteiger partial charge in [0.2, 0.25) is 0 Å². The highest BCUT2D eigenvalue weighted by atomic mass is 35.5. The highest BCUT2D eigenvalue weighted by Gasteiger charge is 2.21. The van der Waals surface area contributed by atoms with Crippen molar-refractivity contribution in [3.8, 4) is 0 Å². The molecular formula is C14H17ClN4O2. The minimum atomic E-state index is -1.03. The third-order valence-electron chi connectivity index (χ3n) is 3.85. The topological polar surface area (TPSA) is 61.1 Å². The highest BCUT2D eigenvalue weighted by Crippen LogP contribution is 2.21. The van der Waals surface area contributed by atoms with E-state index >= 15 is 0 Å². The molecule has 1 aliphatic rings. The number of aromatic carboxylic acids is 1.